The number of nitrogens with two attached hydrogens (primary N) is 1. The minimum atomic E-state index is -0.930. The first-order chi connectivity index (χ1) is 9.40. The Kier molecular flexibility index (Phi) is 6.18. The summed E-state index contributed by atoms with van der Waals surface area (Å²) in [5.74, 6) is -1.20. The maximum Gasteiger partial charge on any atom is 0.305 e. The Hall–Kier alpha value is -1.88. The van der Waals surface area contributed by atoms with Gasteiger partial charge >= 0.3 is 5.97 Å². The topological polar surface area (TPSA) is 92.4 Å². The zero-order chi connectivity index (χ0) is 15.1. The number of aliphatic carboxylic acids is 1. The van der Waals surface area contributed by atoms with E-state index in [9.17, 15) is 9.59 Å². The predicted octanol–water partition coefficient (Wildman–Crippen LogP) is 1.17. The summed E-state index contributed by atoms with van der Waals surface area (Å²) in [5.41, 5.74) is 6.85. The van der Waals surface area contributed by atoms with Gasteiger partial charge in [0, 0.05) is 6.04 Å². The first-order valence-electron chi connectivity index (χ1n) is 6.71. The van der Waals surface area contributed by atoms with Gasteiger partial charge in [0.05, 0.1) is 12.5 Å². The van der Waals surface area contributed by atoms with Crippen LogP contribution in [0.5, 0.6) is 0 Å². The third-order valence-corrected chi connectivity index (χ3v) is 3.16. The number of amides is 1. The Bertz CT molecular complexity index is 446. The van der Waals surface area contributed by atoms with Crippen LogP contribution in [-0.4, -0.2) is 29.1 Å². The molecule has 110 valence electrons. The Labute approximate surface area is 119 Å². The van der Waals surface area contributed by atoms with Crippen LogP contribution in [0.15, 0.2) is 30.3 Å². The van der Waals surface area contributed by atoms with Crippen molar-refractivity contribution in [1.82, 2.24) is 5.32 Å². The second-order valence-electron chi connectivity index (χ2n) is 5.25. The van der Waals surface area contributed by atoms with Crippen molar-refractivity contribution in [2.75, 3.05) is 0 Å². The maximum atomic E-state index is 12.0. The fraction of sp³-hybridized carbons (Fsp3) is 0.467. The van der Waals surface area contributed by atoms with Gasteiger partial charge in [0.1, 0.15) is 0 Å². The van der Waals surface area contributed by atoms with Crippen LogP contribution in [0.4, 0.5) is 0 Å². The van der Waals surface area contributed by atoms with Gasteiger partial charge in [0.2, 0.25) is 5.91 Å². The summed E-state index contributed by atoms with van der Waals surface area (Å²) < 4.78 is 0. The molecule has 0 fully saturated rings. The summed E-state index contributed by atoms with van der Waals surface area (Å²) in [5, 5.41) is 11.6. The monoisotopic (exact) mass is 278 g/mol. The van der Waals surface area contributed by atoms with Crippen LogP contribution in [0.1, 0.15) is 25.8 Å². The molecule has 5 nitrogen and oxygen atoms in total. The molecule has 4 N–H and O–H groups in total. The highest BCUT2D eigenvalue weighted by Gasteiger charge is 2.22. The van der Waals surface area contributed by atoms with E-state index in [2.05, 4.69) is 5.32 Å². The lowest BCUT2D eigenvalue weighted by Crippen LogP contribution is -2.48. The SMILES string of the molecule is CC(C)C(CC(=O)O)NC(=O)C(N)Cc1ccccc1. The van der Waals surface area contributed by atoms with E-state index < -0.39 is 18.1 Å². The number of hydrogen-bond donors (Lipinski definition) is 3. The van der Waals surface area contributed by atoms with Gasteiger partial charge in [-0.05, 0) is 17.9 Å². The lowest BCUT2D eigenvalue weighted by Gasteiger charge is -2.22. The van der Waals surface area contributed by atoms with Gasteiger partial charge in [-0.1, -0.05) is 44.2 Å². The number of hydrogen-bond acceptors (Lipinski definition) is 3. The second-order valence-corrected chi connectivity index (χ2v) is 5.25. The lowest BCUT2D eigenvalue weighted by atomic mass is 9.99. The average Bonchev–Trinajstić information content (AvgIpc) is 2.38. The summed E-state index contributed by atoms with van der Waals surface area (Å²) in [7, 11) is 0. The van der Waals surface area contributed by atoms with Crippen molar-refractivity contribution >= 4 is 11.9 Å². The molecule has 0 aromatic heterocycles. The molecular weight excluding hydrogens is 256 g/mol. The fourth-order valence-electron chi connectivity index (χ4n) is 1.89. The quantitative estimate of drug-likeness (QED) is 0.698. The number of carboxylic acid groups (broad SMARTS) is 1. The van der Waals surface area contributed by atoms with Gasteiger partial charge in [-0.3, -0.25) is 9.59 Å². The molecule has 0 saturated carbocycles. The summed E-state index contributed by atoms with van der Waals surface area (Å²) in [6.07, 6.45) is 0.339. The third kappa shape index (κ3) is 5.40. The molecule has 0 aliphatic heterocycles. The van der Waals surface area contributed by atoms with Crippen molar-refractivity contribution in [2.24, 2.45) is 11.7 Å². The fourth-order valence-corrected chi connectivity index (χ4v) is 1.89. The Balaban J connectivity index is 2.57. The smallest absolute Gasteiger partial charge is 0.305 e. The van der Waals surface area contributed by atoms with Gasteiger partial charge in [-0.2, -0.15) is 0 Å². The van der Waals surface area contributed by atoms with E-state index in [4.69, 9.17) is 10.8 Å². The zero-order valence-corrected chi connectivity index (χ0v) is 11.9. The van der Waals surface area contributed by atoms with Crippen molar-refractivity contribution in [3.63, 3.8) is 0 Å². The molecule has 2 unspecified atom stereocenters. The standard InChI is InChI=1S/C15H22N2O3/c1-10(2)13(9-14(18)19)17-15(20)12(16)8-11-6-4-3-5-7-11/h3-7,10,12-13H,8-9,16H2,1-2H3,(H,17,20)(H,18,19). The van der Waals surface area contributed by atoms with Crippen molar-refractivity contribution < 1.29 is 14.7 Å². The minimum Gasteiger partial charge on any atom is -0.481 e. The number of nitrogens with one attached hydrogen (secondary N) is 1. The Morgan fingerprint density at radius 2 is 1.85 bits per heavy atom. The van der Waals surface area contributed by atoms with E-state index in [0.29, 0.717) is 6.42 Å². The van der Waals surface area contributed by atoms with Crippen molar-refractivity contribution in [2.45, 2.75) is 38.8 Å². The second kappa shape index (κ2) is 7.65. The van der Waals surface area contributed by atoms with Crippen LogP contribution in [0.3, 0.4) is 0 Å². The summed E-state index contributed by atoms with van der Waals surface area (Å²) in [6, 6.07) is 8.42. The number of carbonyl (C=O) groups excluding carboxylic acids is 1. The van der Waals surface area contributed by atoms with E-state index in [1.807, 2.05) is 44.2 Å². The number of benzene rings is 1. The van der Waals surface area contributed by atoms with Crippen LogP contribution in [-0.2, 0) is 16.0 Å². The summed E-state index contributed by atoms with van der Waals surface area (Å²) in [6.45, 7) is 3.74. The molecule has 0 saturated heterocycles. The van der Waals surface area contributed by atoms with E-state index in [-0.39, 0.29) is 18.2 Å². The Morgan fingerprint density at radius 1 is 1.25 bits per heavy atom. The van der Waals surface area contributed by atoms with Crippen molar-refractivity contribution in [3.05, 3.63) is 35.9 Å². The average molecular weight is 278 g/mol. The number of carbonyl (C=O) groups is 2. The lowest BCUT2D eigenvalue weighted by molar-refractivity contribution is -0.138. The van der Waals surface area contributed by atoms with E-state index in [0.717, 1.165) is 5.56 Å². The summed E-state index contributed by atoms with van der Waals surface area (Å²) >= 11 is 0. The highest BCUT2D eigenvalue weighted by Crippen LogP contribution is 2.07. The zero-order valence-electron chi connectivity index (χ0n) is 11.9. The highest BCUT2D eigenvalue weighted by molar-refractivity contribution is 5.82. The van der Waals surface area contributed by atoms with Gasteiger partial charge in [0.25, 0.3) is 0 Å². The number of rotatable bonds is 7. The molecule has 5 heteroatoms. The molecular formula is C15H22N2O3. The van der Waals surface area contributed by atoms with E-state index in [1.54, 1.807) is 0 Å². The minimum absolute atomic E-state index is 0.0407. The van der Waals surface area contributed by atoms with E-state index in [1.165, 1.54) is 0 Å². The molecule has 20 heavy (non-hydrogen) atoms. The van der Waals surface area contributed by atoms with Crippen LogP contribution in [0.2, 0.25) is 0 Å². The van der Waals surface area contributed by atoms with Crippen LogP contribution in [0, 0.1) is 5.92 Å². The van der Waals surface area contributed by atoms with Gasteiger partial charge in [-0.25, -0.2) is 0 Å². The third-order valence-electron chi connectivity index (χ3n) is 3.16. The number of carboxylic acids is 1. The molecule has 1 aromatic rings. The first-order valence-corrected chi connectivity index (χ1v) is 6.71. The van der Waals surface area contributed by atoms with Gasteiger partial charge in [0.15, 0.2) is 0 Å². The maximum absolute atomic E-state index is 12.0. The molecule has 1 amide bonds. The first kappa shape index (κ1) is 16.2. The van der Waals surface area contributed by atoms with Crippen LogP contribution in [0.25, 0.3) is 0 Å². The predicted molar refractivity (Wildman–Crippen MR) is 77.1 cm³/mol. The largest absolute Gasteiger partial charge is 0.481 e. The molecule has 0 radical (unpaired) electrons. The molecule has 0 aliphatic rings. The molecule has 1 rings (SSSR count). The summed E-state index contributed by atoms with van der Waals surface area (Å²) in [4.78, 5) is 22.8. The normalized spacial score (nSPS) is 13.8. The van der Waals surface area contributed by atoms with Crippen LogP contribution < -0.4 is 11.1 Å². The molecule has 2 atom stereocenters. The van der Waals surface area contributed by atoms with E-state index >= 15 is 0 Å². The van der Waals surface area contributed by atoms with Gasteiger partial charge < -0.3 is 16.2 Å². The molecule has 0 aliphatic carbocycles. The van der Waals surface area contributed by atoms with Gasteiger partial charge in [-0.15, -0.1) is 0 Å². The van der Waals surface area contributed by atoms with Crippen molar-refractivity contribution in [1.29, 1.82) is 0 Å². The highest BCUT2D eigenvalue weighted by atomic mass is 16.4. The molecule has 0 bridgehead atoms. The molecule has 1 aromatic carbocycles. The Morgan fingerprint density at radius 3 is 2.35 bits per heavy atom. The molecule has 0 spiro atoms. The van der Waals surface area contributed by atoms with Crippen molar-refractivity contribution in [3.8, 4) is 0 Å². The van der Waals surface area contributed by atoms with Crippen LogP contribution >= 0.6 is 0 Å². The molecule has 0 heterocycles.